The minimum Gasteiger partial charge on any atom is -0.366 e. The summed E-state index contributed by atoms with van der Waals surface area (Å²) in [4.78, 5) is 7.98. The highest BCUT2D eigenvalue weighted by atomic mass is 32.1. The van der Waals surface area contributed by atoms with Crippen molar-refractivity contribution in [3.05, 3.63) is 34.8 Å². The second kappa shape index (κ2) is 8.30. The van der Waals surface area contributed by atoms with Gasteiger partial charge in [-0.1, -0.05) is 43.9 Å². The molecule has 5 heteroatoms. The smallest absolute Gasteiger partial charge is 0.230 e. The number of rotatable bonds is 8. The lowest BCUT2D eigenvalue weighted by atomic mass is 9.99. The number of nitrogens with zero attached hydrogens (tertiary/aromatic N) is 4. The molecule has 26 heavy (non-hydrogen) atoms. The molecule has 0 N–H and O–H groups in total. The second-order valence-electron chi connectivity index (χ2n) is 7.82. The highest BCUT2D eigenvalue weighted by Gasteiger charge is 2.35. The minimum absolute atomic E-state index is 0.176. The third kappa shape index (κ3) is 4.50. The summed E-state index contributed by atoms with van der Waals surface area (Å²) in [6.07, 6.45) is 9.51. The van der Waals surface area contributed by atoms with Gasteiger partial charge in [-0.3, -0.25) is 0 Å². The van der Waals surface area contributed by atoms with Crippen LogP contribution in [-0.2, 0) is 6.42 Å². The van der Waals surface area contributed by atoms with E-state index < -0.39 is 0 Å². The lowest BCUT2D eigenvalue weighted by Gasteiger charge is -2.34. The molecule has 2 heterocycles. The van der Waals surface area contributed by atoms with Crippen LogP contribution in [0.4, 0.5) is 16.5 Å². The summed E-state index contributed by atoms with van der Waals surface area (Å²) in [6.45, 7) is 10.1. The van der Waals surface area contributed by atoms with Crippen LogP contribution in [0.3, 0.4) is 0 Å². The number of benzene rings is 1. The second-order valence-corrected chi connectivity index (χ2v) is 9.03. The zero-order chi connectivity index (χ0) is 18.6. The predicted octanol–water partition coefficient (Wildman–Crippen LogP) is 6.98. The fourth-order valence-corrected chi connectivity index (χ4v) is 4.29. The normalized spacial score (nSPS) is 15.8. The van der Waals surface area contributed by atoms with Crippen LogP contribution in [0.15, 0.2) is 34.6 Å². The summed E-state index contributed by atoms with van der Waals surface area (Å²) in [5, 5.41) is 9.38. The zero-order valence-corrected chi connectivity index (χ0v) is 17.3. The Hall–Kier alpha value is -1.75. The van der Waals surface area contributed by atoms with Crippen LogP contribution >= 0.6 is 11.3 Å². The zero-order valence-electron chi connectivity index (χ0n) is 16.5. The molecule has 1 aliphatic rings. The van der Waals surface area contributed by atoms with Crippen molar-refractivity contribution in [1.29, 1.82) is 0 Å². The van der Waals surface area contributed by atoms with Crippen molar-refractivity contribution in [2.24, 2.45) is 10.2 Å². The molecule has 2 aromatic rings. The van der Waals surface area contributed by atoms with Crippen LogP contribution in [0.25, 0.3) is 0 Å². The van der Waals surface area contributed by atoms with E-state index in [2.05, 4.69) is 59.1 Å². The maximum Gasteiger partial charge on any atom is 0.230 e. The molecule has 1 aliphatic heterocycles. The van der Waals surface area contributed by atoms with E-state index in [-0.39, 0.29) is 5.54 Å². The molecule has 0 unspecified atom stereocenters. The molecule has 0 aliphatic carbocycles. The summed E-state index contributed by atoms with van der Waals surface area (Å²) in [6, 6.07) is 6.49. The van der Waals surface area contributed by atoms with Gasteiger partial charge in [-0.05, 0) is 57.4 Å². The molecule has 1 aromatic carbocycles. The number of aromatic nitrogens is 1. The Kier molecular flexibility index (Phi) is 6.07. The Morgan fingerprint density at radius 1 is 1.15 bits per heavy atom. The van der Waals surface area contributed by atoms with Gasteiger partial charge < -0.3 is 4.90 Å². The van der Waals surface area contributed by atoms with Crippen molar-refractivity contribution in [3.8, 4) is 0 Å². The van der Waals surface area contributed by atoms with Crippen LogP contribution in [-0.4, -0.2) is 17.1 Å². The first-order chi connectivity index (χ1) is 12.5. The van der Waals surface area contributed by atoms with Crippen molar-refractivity contribution < 1.29 is 0 Å². The van der Waals surface area contributed by atoms with Gasteiger partial charge in [-0.15, -0.1) is 10.2 Å². The third-order valence-electron chi connectivity index (χ3n) is 5.05. The molecular weight excluding hydrogens is 340 g/mol. The fraction of sp³-hybridized carbons (Fsp3) is 0.571. The van der Waals surface area contributed by atoms with Gasteiger partial charge in [0.05, 0.1) is 5.69 Å². The topological polar surface area (TPSA) is 40.9 Å². The monoisotopic (exact) mass is 370 g/mol. The lowest BCUT2D eigenvalue weighted by molar-refractivity contribution is 0.473. The Morgan fingerprint density at radius 2 is 1.96 bits per heavy atom. The van der Waals surface area contributed by atoms with Crippen LogP contribution < -0.4 is 4.90 Å². The Morgan fingerprint density at radius 3 is 2.69 bits per heavy atom. The van der Waals surface area contributed by atoms with Crippen molar-refractivity contribution in [1.82, 2.24) is 4.98 Å². The van der Waals surface area contributed by atoms with E-state index in [1.807, 2.05) is 13.1 Å². The number of hydrogen-bond acceptors (Lipinski definition) is 5. The molecule has 0 radical (unpaired) electrons. The summed E-state index contributed by atoms with van der Waals surface area (Å²) < 4.78 is 0. The quantitative estimate of drug-likeness (QED) is 0.371. The molecule has 3 rings (SSSR count). The molecular formula is C21H30N4S. The standard InChI is InChI=1S/C21H30N4S/c1-5-6-7-8-9-12-25-19-11-10-18(13-17(19)14-21(25,3)4)23-24-20-22-15-16(2)26-20/h10-11,13,15H,5-9,12,14H2,1-4H3. The Balaban J connectivity index is 1.68. The average molecular weight is 371 g/mol. The molecule has 0 fully saturated rings. The van der Waals surface area contributed by atoms with Gasteiger partial charge in [-0.2, -0.15) is 0 Å². The van der Waals surface area contributed by atoms with Gasteiger partial charge in [0.15, 0.2) is 0 Å². The van der Waals surface area contributed by atoms with Gasteiger partial charge in [0.25, 0.3) is 0 Å². The van der Waals surface area contributed by atoms with Crippen molar-refractivity contribution >= 4 is 27.8 Å². The molecule has 1 aromatic heterocycles. The number of aryl methyl sites for hydroxylation is 1. The van der Waals surface area contributed by atoms with Gasteiger partial charge >= 0.3 is 0 Å². The van der Waals surface area contributed by atoms with Crippen LogP contribution in [0.2, 0.25) is 0 Å². The number of azo groups is 1. The Bertz CT molecular complexity index is 763. The fourth-order valence-electron chi connectivity index (χ4n) is 3.71. The van der Waals surface area contributed by atoms with E-state index in [0.717, 1.165) is 28.7 Å². The van der Waals surface area contributed by atoms with Crippen LogP contribution in [0, 0.1) is 6.92 Å². The van der Waals surface area contributed by atoms with E-state index in [1.54, 1.807) is 11.3 Å². The number of hydrogen-bond donors (Lipinski definition) is 0. The van der Waals surface area contributed by atoms with Gasteiger partial charge in [0.1, 0.15) is 0 Å². The van der Waals surface area contributed by atoms with Crippen molar-refractivity contribution in [2.45, 2.75) is 71.8 Å². The summed E-state index contributed by atoms with van der Waals surface area (Å²) in [5.41, 5.74) is 3.84. The van der Waals surface area contributed by atoms with Gasteiger partial charge in [0.2, 0.25) is 5.13 Å². The van der Waals surface area contributed by atoms with Gasteiger partial charge in [0, 0.05) is 28.8 Å². The molecule has 140 valence electrons. The summed E-state index contributed by atoms with van der Waals surface area (Å²) >= 11 is 1.57. The lowest BCUT2D eigenvalue weighted by Crippen LogP contribution is -2.41. The third-order valence-corrected chi connectivity index (χ3v) is 5.85. The molecule has 0 atom stereocenters. The SMILES string of the molecule is CCCCCCCN1c2ccc(N=Nc3ncc(C)s3)cc2CC1(C)C. The van der Waals surface area contributed by atoms with E-state index in [4.69, 9.17) is 0 Å². The van der Waals surface area contributed by atoms with Gasteiger partial charge in [-0.25, -0.2) is 4.98 Å². The van der Waals surface area contributed by atoms with E-state index in [9.17, 15) is 0 Å². The maximum absolute atomic E-state index is 4.39. The molecule has 0 saturated heterocycles. The average Bonchev–Trinajstić information content (AvgIpc) is 3.12. The first-order valence-corrected chi connectivity index (χ1v) is 10.6. The van der Waals surface area contributed by atoms with E-state index in [1.165, 1.54) is 43.4 Å². The molecule has 0 bridgehead atoms. The maximum atomic E-state index is 4.39. The van der Waals surface area contributed by atoms with E-state index >= 15 is 0 Å². The summed E-state index contributed by atoms with van der Waals surface area (Å²) in [7, 11) is 0. The number of unbranched alkanes of at least 4 members (excludes halogenated alkanes) is 4. The van der Waals surface area contributed by atoms with Crippen molar-refractivity contribution in [3.63, 3.8) is 0 Å². The van der Waals surface area contributed by atoms with Crippen LogP contribution in [0.5, 0.6) is 0 Å². The largest absolute Gasteiger partial charge is 0.366 e. The van der Waals surface area contributed by atoms with Crippen LogP contribution in [0.1, 0.15) is 63.3 Å². The highest BCUT2D eigenvalue weighted by Crippen LogP contribution is 2.40. The number of anilines is 1. The predicted molar refractivity (Wildman–Crippen MR) is 111 cm³/mol. The summed E-state index contributed by atoms with van der Waals surface area (Å²) in [5.74, 6) is 0. The van der Waals surface area contributed by atoms with Crippen molar-refractivity contribution in [2.75, 3.05) is 11.4 Å². The first kappa shape index (κ1) is 19.0. The molecule has 0 saturated carbocycles. The Labute approximate surface area is 161 Å². The number of thiazole rings is 1. The molecule has 0 spiro atoms. The molecule has 4 nitrogen and oxygen atoms in total. The molecule has 0 amide bonds. The first-order valence-electron chi connectivity index (χ1n) is 9.74. The van der Waals surface area contributed by atoms with E-state index in [0.29, 0.717) is 0 Å². The highest BCUT2D eigenvalue weighted by molar-refractivity contribution is 7.15. The minimum atomic E-state index is 0.176. The number of fused-ring (bicyclic) bond motifs is 1.